The third kappa shape index (κ3) is 3.71. The molecular weight excluding hydrogens is 304 g/mol. The molecule has 3 N–H and O–H groups in total. The van der Waals surface area contributed by atoms with Crippen molar-refractivity contribution in [1.82, 2.24) is 0 Å². The average molecular weight is 327 g/mol. The number of ether oxygens (including phenoxy) is 1. The number of hydrogen-bond donors (Lipinski definition) is 2. The SMILES string of the molecule is CC(C)C1CC(CN)(Nc2cccc(Br)c2)CCO1. The molecule has 0 aromatic heterocycles. The summed E-state index contributed by atoms with van der Waals surface area (Å²) in [4.78, 5) is 0. The summed E-state index contributed by atoms with van der Waals surface area (Å²) in [7, 11) is 0. The number of hydrogen-bond acceptors (Lipinski definition) is 3. The van der Waals surface area contributed by atoms with E-state index in [0.29, 0.717) is 12.5 Å². The topological polar surface area (TPSA) is 47.3 Å². The second-order valence-electron chi connectivity index (χ2n) is 5.73. The van der Waals surface area contributed by atoms with Crippen molar-refractivity contribution in [3.05, 3.63) is 28.7 Å². The monoisotopic (exact) mass is 326 g/mol. The molecule has 3 nitrogen and oxygen atoms in total. The maximum absolute atomic E-state index is 6.06. The van der Waals surface area contributed by atoms with Crippen LogP contribution < -0.4 is 11.1 Å². The summed E-state index contributed by atoms with van der Waals surface area (Å²) in [5.74, 6) is 0.524. The van der Waals surface area contributed by atoms with E-state index < -0.39 is 0 Å². The molecule has 19 heavy (non-hydrogen) atoms. The van der Waals surface area contributed by atoms with Crippen molar-refractivity contribution in [1.29, 1.82) is 0 Å². The van der Waals surface area contributed by atoms with Crippen LogP contribution in [0.5, 0.6) is 0 Å². The lowest BCUT2D eigenvalue weighted by Crippen LogP contribution is -2.53. The molecule has 1 aromatic carbocycles. The maximum Gasteiger partial charge on any atom is 0.0620 e. The highest BCUT2D eigenvalue weighted by Gasteiger charge is 2.37. The smallest absolute Gasteiger partial charge is 0.0620 e. The lowest BCUT2D eigenvalue weighted by Gasteiger charge is -2.43. The van der Waals surface area contributed by atoms with E-state index in [0.717, 1.165) is 29.6 Å². The number of halogens is 1. The van der Waals surface area contributed by atoms with E-state index in [1.165, 1.54) is 0 Å². The van der Waals surface area contributed by atoms with E-state index in [1.54, 1.807) is 0 Å². The van der Waals surface area contributed by atoms with Crippen LogP contribution >= 0.6 is 15.9 Å². The third-order valence-corrected chi connectivity index (χ3v) is 4.37. The Bertz CT molecular complexity index is 424. The van der Waals surface area contributed by atoms with Gasteiger partial charge in [-0.25, -0.2) is 0 Å². The fourth-order valence-electron chi connectivity index (χ4n) is 2.60. The van der Waals surface area contributed by atoms with Crippen molar-refractivity contribution in [2.75, 3.05) is 18.5 Å². The van der Waals surface area contributed by atoms with Gasteiger partial charge in [-0.05, 0) is 37.0 Å². The molecule has 4 heteroatoms. The summed E-state index contributed by atoms with van der Waals surface area (Å²) in [6.45, 7) is 5.82. The highest BCUT2D eigenvalue weighted by atomic mass is 79.9. The van der Waals surface area contributed by atoms with Crippen LogP contribution in [0.1, 0.15) is 26.7 Å². The van der Waals surface area contributed by atoms with Gasteiger partial charge in [-0.15, -0.1) is 0 Å². The van der Waals surface area contributed by atoms with Gasteiger partial charge in [0.2, 0.25) is 0 Å². The molecule has 1 heterocycles. The van der Waals surface area contributed by atoms with Crippen LogP contribution in [0.4, 0.5) is 5.69 Å². The molecule has 1 aromatic rings. The molecule has 0 spiro atoms. The van der Waals surface area contributed by atoms with Gasteiger partial charge in [0, 0.05) is 23.3 Å². The van der Waals surface area contributed by atoms with Crippen molar-refractivity contribution in [2.45, 2.75) is 38.3 Å². The Hall–Kier alpha value is -0.580. The summed E-state index contributed by atoms with van der Waals surface area (Å²) >= 11 is 3.51. The standard InChI is InChI=1S/C15H23BrN2O/c1-11(2)14-9-15(10-17,6-7-19-14)18-13-5-3-4-12(16)8-13/h3-5,8,11,14,18H,6-7,9-10,17H2,1-2H3. The molecule has 2 unspecified atom stereocenters. The molecule has 2 atom stereocenters. The Kier molecular flexibility index (Phi) is 4.87. The Morgan fingerprint density at radius 1 is 1.53 bits per heavy atom. The van der Waals surface area contributed by atoms with Gasteiger partial charge in [0.1, 0.15) is 0 Å². The van der Waals surface area contributed by atoms with E-state index in [2.05, 4.69) is 47.2 Å². The Labute approximate surface area is 124 Å². The number of benzene rings is 1. The van der Waals surface area contributed by atoms with E-state index in [-0.39, 0.29) is 11.6 Å². The van der Waals surface area contributed by atoms with Gasteiger partial charge >= 0.3 is 0 Å². The molecular formula is C15H23BrN2O. The summed E-state index contributed by atoms with van der Waals surface area (Å²) < 4.78 is 6.93. The lowest BCUT2D eigenvalue weighted by atomic mass is 9.83. The number of nitrogens with two attached hydrogens (primary N) is 1. The largest absolute Gasteiger partial charge is 0.378 e. The normalized spacial score (nSPS) is 27.5. The van der Waals surface area contributed by atoms with E-state index >= 15 is 0 Å². The molecule has 0 aliphatic carbocycles. The van der Waals surface area contributed by atoms with Crippen LogP contribution in [0.2, 0.25) is 0 Å². The van der Waals surface area contributed by atoms with Crippen molar-refractivity contribution < 1.29 is 4.74 Å². The lowest BCUT2D eigenvalue weighted by molar-refractivity contribution is -0.0357. The highest BCUT2D eigenvalue weighted by molar-refractivity contribution is 9.10. The zero-order chi connectivity index (χ0) is 13.9. The molecule has 1 saturated heterocycles. The van der Waals surface area contributed by atoms with Crippen molar-refractivity contribution in [3.63, 3.8) is 0 Å². The molecule has 1 fully saturated rings. The maximum atomic E-state index is 6.06. The van der Waals surface area contributed by atoms with Crippen LogP contribution in [0.3, 0.4) is 0 Å². The number of rotatable bonds is 4. The van der Waals surface area contributed by atoms with Crippen molar-refractivity contribution in [3.8, 4) is 0 Å². The summed E-state index contributed by atoms with van der Waals surface area (Å²) in [5.41, 5.74) is 7.12. The first-order valence-corrected chi connectivity index (χ1v) is 7.69. The van der Waals surface area contributed by atoms with E-state index in [1.807, 2.05) is 12.1 Å². The summed E-state index contributed by atoms with van der Waals surface area (Å²) in [5, 5.41) is 3.63. The third-order valence-electron chi connectivity index (χ3n) is 3.87. The molecule has 0 saturated carbocycles. The second kappa shape index (κ2) is 6.25. The molecule has 106 valence electrons. The molecule has 0 amide bonds. The minimum absolute atomic E-state index is 0.0476. The minimum atomic E-state index is -0.0476. The first-order chi connectivity index (χ1) is 9.04. The first-order valence-electron chi connectivity index (χ1n) is 6.90. The van der Waals surface area contributed by atoms with Crippen LogP contribution in [-0.2, 0) is 4.74 Å². The molecule has 2 rings (SSSR count). The zero-order valence-corrected chi connectivity index (χ0v) is 13.2. The van der Waals surface area contributed by atoms with Crippen molar-refractivity contribution >= 4 is 21.6 Å². The molecule has 0 bridgehead atoms. The van der Waals surface area contributed by atoms with Gasteiger partial charge in [-0.2, -0.15) is 0 Å². The Balaban J connectivity index is 2.13. The van der Waals surface area contributed by atoms with Gasteiger partial charge in [0.15, 0.2) is 0 Å². The van der Waals surface area contributed by atoms with Gasteiger partial charge in [0.25, 0.3) is 0 Å². The Morgan fingerprint density at radius 3 is 2.95 bits per heavy atom. The zero-order valence-electron chi connectivity index (χ0n) is 11.7. The summed E-state index contributed by atoms with van der Waals surface area (Å²) in [6.07, 6.45) is 2.21. The van der Waals surface area contributed by atoms with E-state index in [4.69, 9.17) is 10.5 Å². The number of anilines is 1. The first kappa shape index (κ1) is 14.8. The van der Waals surface area contributed by atoms with Crippen LogP contribution in [-0.4, -0.2) is 24.8 Å². The predicted molar refractivity (Wildman–Crippen MR) is 83.4 cm³/mol. The quantitative estimate of drug-likeness (QED) is 0.891. The van der Waals surface area contributed by atoms with Crippen LogP contribution in [0, 0.1) is 5.92 Å². The molecule has 1 aliphatic heterocycles. The number of nitrogens with one attached hydrogen (secondary N) is 1. The average Bonchev–Trinajstić information content (AvgIpc) is 2.39. The second-order valence-corrected chi connectivity index (χ2v) is 6.64. The minimum Gasteiger partial charge on any atom is -0.378 e. The van der Waals surface area contributed by atoms with Gasteiger partial charge in [-0.3, -0.25) is 0 Å². The van der Waals surface area contributed by atoms with Gasteiger partial charge in [0.05, 0.1) is 11.6 Å². The van der Waals surface area contributed by atoms with E-state index in [9.17, 15) is 0 Å². The van der Waals surface area contributed by atoms with Gasteiger partial charge < -0.3 is 15.8 Å². The van der Waals surface area contributed by atoms with Crippen LogP contribution in [0.15, 0.2) is 28.7 Å². The van der Waals surface area contributed by atoms with Crippen LogP contribution in [0.25, 0.3) is 0 Å². The molecule has 1 aliphatic rings. The Morgan fingerprint density at radius 2 is 2.32 bits per heavy atom. The molecule has 0 radical (unpaired) electrons. The van der Waals surface area contributed by atoms with Gasteiger partial charge in [-0.1, -0.05) is 35.8 Å². The predicted octanol–water partition coefficient (Wildman–Crippen LogP) is 3.39. The van der Waals surface area contributed by atoms with Crippen molar-refractivity contribution in [2.24, 2.45) is 11.7 Å². The fourth-order valence-corrected chi connectivity index (χ4v) is 3.00. The fraction of sp³-hybridized carbons (Fsp3) is 0.600. The highest BCUT2D eigenvalue weighted by Crippen LogP contribution is 2.31. The summed E-state index contributed by atoms with van der Waals surface area (Å²) in [6, 6.07) is 8.25.